The Morgan fingerprint density at radius 1 is 1.35 bits per heavy atom. The number of esters is 1. The van der Waals surface area contributed by atoms with Crippen LogP contribution in [0.1, 0.15) is 33.1 Å². The van der Waals surface area contributed by atoms with Gasteiger partial charge >= 0.3 is 5.97 Å². The number of hydrogen-bond acceptors (Lipinski definition) is 5. The van der Waals surface area contributed by atoms with Crippen molar-refractivity contribution in [2.75, 3.05) is 19.0 Å². The van der Waals surface area contributed by atoms with Crippen LogP contribution < -0.4 is 10.1 Å². The Kier molecular flexibility index (Phi) is 6.02. The fourth-order valence-electron chi connectivity index (χ4n) is 3.00. The van der Waals surface area contributed by atoms with Crippen molar-refractivity contribution < 1.29 is 19.1 Å². The predicted molar refractivity (Wildman–Crippen MR) is 88.5 cm³/mol. The summed E-state index contributed by atoms with van der Waals surface area (Å²) in [7, 11) is 1.60. The normalized spacial score (nSPS) is 22.3. The number of Topliss-reactive ketones (excluding diaryl/α,β-unsaturated/α-hetero) is 1. The van der Waals surface area contributed by atoms with E-state index in [0.717, 1.165) is 17.9 Å². The average molecular weight is 319 g/mol. The van der Waals surface area contributed by atoms with Crippen LogP contribution in [0.3, 0.4) is 0 Å². The molecule has 2 rings (SSSR count). The minimum absolute atomic E-state index is 0.141. The van der Waals surface area contributed by atoms with E-state index < -0.39 is 6.04 Å². The monoisotopic (exact) mass is 319 g/mol. The van der Waals surface area contributed by atoms with Gasteiger partial charge in [-0.25, -0.2) is 4.79 Å². The maximum Gasteiger partial charge on any atom is 0.329 e. The minimum atomic E-state index is -0.640. The van der Waals surface area contributed by atoms with E-state index in [2.05, 4.69) is 12.2 Å². The number of rotatable bonds is 6. The topological polar surface area (TPSA) is 64.6 Å². The van der Waals surface area contributed by atoms with Crippen LogP contribution in [-0.2, 0) is 14.3 Å². The standard InChI is InChI=1S/C18H25NO4/c1-4-23-18(21)17(15-11-12(2)5-10-16(15)20)19-13-6-8-14(22-3)9-7-13/h6-9,12,15,17,19H,4-5,10-11H2,1-3H3/t12-,15-,17-/m0/s1. The van der Waals surface area contributed by atoms with Crippen LogP contribution in [-0.4, -0.2) is 31.5 Å². The molecule has 5 nitrogen and oxygen atoms in total. The highest BCUT2D eigenvalue weighted by atomic mass is 16.5. The Morgan fingerprint density at radius 3 is 2.65 bits per heavy atom. The second-order valence-corrected chi connectivity index (χ2v) is 6.05. The van der Waals surface area contributed by atoms with E-state index in [0.29, 0.717) is 25.4 Å². The van der Waals surface area contributed by atoms with E-state index in [1.165, 1.54) is 0 Å². The first kappa shape index (κ1) is 17.3. The highest BCUT2D eigenvalue weighted by molar-refractivity contribution is 5.91. The van der Waals surface area contributed by atoms with E-state index in [1.54, 1.807) is 14.0 Å². The van der Waals surface area contributed by atoms with Crippen molar-refractivity contribution in [1.82, 2.24) is 0 Å². The molecule has 0 aromatic heterocycles. The summed E-state index contributed by atoms with van der Waals surface area (Å²) in [5, 5.41) is 3.18. The molecule has 0 unspecified atom stereocenters. The first-order valence-corrected chi connectivity index (χ1v) is 8.15. The molecule has 0 spiro atoms. The molecule has 1 fully saturated rings. The van der Waals surface area contributed by atoms with Gasteiger partial charge in [-0.1, -0.05) is 6.92 Å². The average Bonchev–Trinajstić information content (AvgIpc) is 2.56. The van der Waals surface area contributed by atoms with Gasteiger partial charge in [0.2, 0.25) is 0 Å². The van der Waals surface area contributed by atoms with E-state index in [1.807, 2.05) is 24.3 Å². The second-order valence-electron chi connectivity index (χ2n) is 6.05. The number of ether oxygens (including phenoxy) is 2. The number of ketones is 1. The SMILES string of the molecule is CCOC(=O)[C@@H](Nc1ccc(OC)cc1)[C@H]1C[C@@H](C)CCC1=O. The molecule has 0 amide bonds. The molecule has 126 valence electrons. The van der Waals surface area contributed by atoms with E-state index in [4.69, 9.17) is 9.47 Å². The molecule has 1 N–H and O–H groups in total. The number of nitrogens with one attached hydrogen (secondary N) is 1. The third-order valence-electron chi connectivity index (χ3n) is 4.31. The Balaban J connectivity index is 2.18. The van der Waals surface area contributed by atoms with E-state index in [9.17, 15) is 9.59 Å². The summed E-state index contributed by atoms with van der Waals surface area (Å²) in [6, 6.07) is 6.66. The molecule has 1 aliphatic rings. The van der Waals surface area contributed by atoms with Crippen molar-refractivity contribution in [1.29, 1.82) is 0 Å². The van der Waals surface area contributed by atoms with Gasteiger partial charge < -0.3 is 14.8 Å². The number of carbonyl (C=O) groups excluding carboxylic acids is 2. The Bertz CT molecular complexity index is 540. The highest BCUT2D eigenvalue weighted by Gasteiger charge is 2.38. The molecule has 0 aliphatic heterocycles. The summed E-state index contributed by atoms with van der Waals surface area (Å²) in [5.74, 6) is 0.621. The maximum absolute atomic E-state index is 12.4. The second kappa shape index (κ2) is 7.99. The van der Waals surface area contributed by atoms with Gasteiger partial charge in [-0.3, -0.25) is 4.79 Å². The summed E-state index contributed by atoms with van der Waals surface area (Å²) in [4.78, 5) is 24.7. The van der Waals surface area contributed by atoms with Gasteiger partial charge in [-0.2, -0.15) is 0 Å². The third-order valence-corrected chi connectivity index (χ3v) is 4.31. The van der Waals surface area contributed by atoms with E-state index >= 15 is 0 Å². The van der Waals surface area contributed by atoms with Gasteiger partial charge in [0.1, 0.15) is 17.6 Å². The molecule has 23 heavy (non-hydrogen) atoms. The molecule has 3 atom stereocenters. The third kappa shape index (κ3) is 4.47. The van der Waals surface area contributed by atoms with Crippen molar-refractivity contribution in [3.05, 3.63) is 24.3 Å². The van der Waals surface area contributed by atoms with Crippen molar-refractivity contribution in [2.45, 2.75) is 39.2 Å². The lowest BCUT2D eigenvalue weighted by atomic mass is 9.77. The van der Waals surface area contributed by atoms with Crippen LogP contribution in [0.5, 0.6) is 5.75 Å². The van der Waals surface area contributed by atoms with Gasteiger partial charge in [0.05, 0.1) is 13.7 Å². The summed E-state index contributed by atoms with van der Waals surface area (Å²) in [6.45, 7) is 4.19. The Morgan fingerprint density at radius 2 is 2.04 bits per heavy atom. The van der Waals surface area contributed by atoms with Crippen LogP contribution in [0.4, 0.5) is 5.69 Å². The molecule has 5 heteroatoms. The van der Waals surface area contributed by atoms with Gasteiger partial charge in [0.15, 0.2) is 0 Å². The number of methoxy groups -OCH3 is 1. The molecule has 1 aliphatic carbocycles. The quantitative estimate of drug-likeness (QED) is 0.817. The molecular weight excluding hydrogens is 294 g/mol. The Labute approximate surface area is 137 Å². The number of carbonyl (C=O) groups is 2. The van der Waals surface area contributed by atoms with Crippen LogP contribution in [0.2, 0.25) is 0 Å². The molecule has 0 heterocycles. The summed E-state index contributed by atoms with van der Waals surface area (Å²) >= 11 is 0. The van der Waals surface area contributed by atoms with Gasteiger partial charge in [0, 0.05) is 18.0 Å². The molecule has 1 aromatic rings. The zero-order valence-electron chi connectivity index (χ0n) is 14.0. The van der Waals surface area contributed by atoms with Crippen LogP contribution in [0.15, 0.2) is 24.3 Å². The number of benzene rings is 1. The molecule has 0 bridgehead atoms. The summed E-state index contributed by atoms with van der Waals surface area (Å²) in [6.07, 6.45) is 2.14. The first-order valence-electron chi connectivity index (χ1n) is 8.15. The first-order chi connectivity index (χ1) is 11.0. The van der Waals surface area contributed by atoms with Gasteiger partial charge in [-0.05, 0) is 49.9 Å². The van der Waals surface area contributed by atoms with Crippen molar-refractivity contribution in [3.8, 4) is 5.75 Å². The number of hydrogen-bond donors (Lipinski definition) is 1. The smallest absolute Gasteiger partial charge is 0.329 e. The zero-order chi connectivity index (χ0) is 16.8. The largest absolute Gasteiger partial charge is 0.497 e. The molecule has 0 saturated heterocycles. The molecule has 1 saturated carbocycles. The predicted octanol–water partition coefficient (Wildman–Crippen LogP) is 3.04. The van der Waals surface area contributed by atoms with Crippen molar-refractivity contribution >= 4 is 17.4 Å². The minimum Gasteiger partial charge on any atom is -0.497 e. The van der Waals surface area contributed by atoms with E-state index in [-0.39, 0.29) is 17.7 Å². The maximum atomic E-state index is 12.4. The lowest BCUT2D eigenvalue weighted by Crippen LogP contribution is -2.44. The van der Waals surface area contributed by atoms with Crippen LogP contribution >= 0.6 is 0 Å². The van der Waals surface area contributed by atoms with Crippen molar-refractivity contribution in [2.24, 2.45) is 11.8 Å². The fourth-order valence-corrected chi connectivity index (χ4v) is 3.00. The Hall–Kier alpha value is -2.04. The molecule has 0 radical (unpaired) electrons. The van der Waals surface area contributed by atoms with Gasteiger partial charge in [0.25, 0.3) is 0 Å². The van der Waals surface area contributed by atoms with Crippen LogP contribution in [0, 0.1) is 11.8 Å². The number of anilines is 1. The zero-order valence-corrected chi connectivity index (χ0v) is 14.0. The molecular formula is C18H25NO4. The summed E-state index contributed by atoms with van der Waals surface area (Å²) < 4.78 is 10.3. The highest BCUT2D eigenvalue weighted by Crippen LogP contribution is 2.30. The molecule has 1 aromatic carbocycles. The lowest BCUT2D eigenvalue weighted by Gasteiger charge is -2.31. The van der Waals surface area contributed by atoms with Crippen molar-refractivity contribution in [3.63, 3.8) is 0 Å². The van der Waals surface area contributed by atoms with Gasteiger partial charge in [-0.15, -0.1) is 0 Å². The fraction of sp³-hybridized carbons (Fsp3) is 0.556. The van der Waals surface area contributed by atoms with Crippen LogP contribution in [0.25, 0.3) is 0 Å². The lowest BCUT2D eigenvalue weighted by molar-refractivity contribution is -0.148. The summed E-state index contributed by atoms with van der Waals surface area (Å²) in [5.41, 5.74) is 0.773.